The fourth-order valence-corrected chi connectivity index (χ4v) is 2.78. The van der Waals surface area contributed by atoms with Gasteiger partial charge in [0.15, 0.2) is 6.61 Å². The molecule has 1 aliphatic heterocycles. The van der Waals surface area contributed by atoms with Crippen LogP contribution in [0.15, 0.2) is 11.4 Å². The van der Waals surface area contributed by atoms with Gasteiger partial charge < -0.3 is 10.1 Å². The van der Waals surface area contributed by atoms with Gasteiger partial charge in [0.05, 0.1) is 0 Å². The molecule has 2 heterocycles. The Morgan fingerprint density at radius 1 is 1.43 bits per heavy atom. The summed E-state index contributed by atoms with van der Waals surface area (Å²) < 4.78 is 4.88. The molecule has 1 aliphatic rings. The molecule has 0 spiro atoms. The van der Waals surface area contributed by atoms with Crippen LogP contribution in [0.4, 0.5) is 4.79 Å². The van der Waals surface area contributed by atoms with E-state index in [9.17, 15) is 19.2 Å². The van der Waals surface area contributed by atoms with Gasteiger partial charge in [0.25, 0.3) is 11.8 Å². The molecule has 0 saturated carbocycles. The lowest BCUT2D eigenvalue weighted by Gasteiger charge is -2.19. The van der Waals surface area contributed by atoms with Crippen molar-refractivity contribution in [2.45, 2.75) is 32.7 Å². The fraction of sp³-hybridized carbons (Fsp3) is 0.429. The largest absolute Gasteiger partial charge is 0.451 e. The first-order valence-corrected chi connectivity index (χ1v) is 7.84. The molecule has 9 heteroatoms. The zero-order valence-corrected chi connectivity index (χ0v) is 13.8. The van der Waals surface area contributed by atoms with Gasteiger partial charge >= 0.3 is 12.0 Å². The van der Waals surface area contributed by atoms with E-state index in [4.69, 9.17) is 4.74 Å². The molecule has 0 bridgehead atoms. The zero-order valence-electron chi connectivity index (χ0n) is 13.0. The number of aryl methyl sites for hydroxylation is 1. The molecule has 1 atom stereocenters. The maximum absolute atomic E-state index is 12.1. The quantitative estimate of drug-likeness (QED) is 0.614. The van der Waals surface area contributed by atoms with E-state index in [-0.39, 0.29) is 0 Å². The van der Waals surface area contributed by atoms with Crippen LogP contribution < -0.4 is 10.7 Å². The first-order chi connectivity index (χ1) is 10.8. The van der Waals surface area contributed by atoms with E-state index >= 15 is 0 Å². The second kappa shape index (κ2) is 6.37. The van der Waals surface area contributed by atoms with Crippen molar-refractivity contribution in [3.63, 3.8) is 0 Å². The first kappa shape index (κ1) is 16.9. The third-order valence-electron chi connectivity index (χ3n) is 3.59. The Bertz CT molecular complexity index is 671. The van der Waals surface area contributed by atoms with Crippen molar-refractivity contribution in [1.82, 2.24) is 15.8 Å². The number of ether oxygens (including phenoxy) is 1. The van der Waals surface area contributed by atoms with Crippen molar-refractivity contribution in [3.05, 3.63) is 21.9 Å². The minimum Gasteiger partial charge on any atom is -0.451 e. The van der Waals surface area contributed by atoms with Crippen LogP contribution in [-0.2, 0) is 14.3 Å². The maximum atomic E-state index is 12.1. The number of nitrogens with zero attached hydrogens (tertiary/aromatic N) is 1. The Balaban J connectivity index is 1.91. The molecular weight excluding hydrogens is 322 g/mol. The molecule has 1 aromatic rings. The normalized spacial score (nSPS) is 20.4. The number of imide groups is 1. The summed E-state index contributed by atoms with van der Waals surface area (Å²) in [5.41, 5.74) is 1.85. The Morgan fingerprint density at radius 3 is 2.65 bits per heavy atom. The van der Waals surface area contributed by atoms with Gasteiger partial charge in [0.1, 0.15) is 10.4 Å². The van der Waals surface area contributed by atoms with Crippen LogP contribution in [0.3, 0.4) is 0 Å². The van der Waals surface area contributed by atoms with E-state index in [0.29, 0.717) is 16.3 Å². The van der Waals surface area contributed by atoms with Gasteiger partial charge in [-0.15, -0.1) is 11.3 Å². The molecule has 124 valence electrons. The first-order valence-electron chi connectivity index (χ1n) is 6.96. The van der Waals surface area contributed by atoms with Crippen LogP contribution in [0.1, 0.15) is 35.5 Å². The van der Waals surface area contributed by atoms with Gasteiger partial charge in [0, 0.05) is 0 Å². The highest BCUT2D eigenvalue weighted by molar-refractivity contribution is 7.12. The molecule has 0 aliphatic carbocycles. The monoisotopic (exact) mass is 339 g/mol. The number of carbonyl (C=O) groups excluding carboxylic acids is 4. The van der Waals surface area contributed by atoms with E-state index in [2.05, 4.69) is 10.7 Å². The lowest BCUT2D eigenvalue weighted by molar-refractivity contribution is -0.139. The highest BCUT2D eigenvalue weighted by atomic mass is 32.1. The standard InChI is InChI=1S/C14H17N3O5S/c1-4-14(3)12(20)17(13(21)15-14)16-9(18)7-22-11(19)10-8(2)5-6-23-10/h5-6H,4,7H2,1-3H3,(H,15,21)(H,16,18)/t14-/m0/s1. The van der Waals surface area contributed by atoms with Gasteiger partial charge in [-0.05, 0) is 37.3 Å². The minimum absolute atomic E-state index is 0.386. The topological polar surface area (TPSA) is 105 Å². The highest BCUT2D eigenvalue weighted by Gasteiger charge is 2.47. The summed E-state index contributed by atoms with van der Waals surface area (Å²) in [6.07, 6.45) is 0.386. The van der Waals surface area contributed by atoms with Gasteiger partial charge in [0.2, 0.25) is 0 Å². The third kappa shape index (κ3) is 3.34. The van der Waals surface area contributed by atoms with E-state index in [0.717, 1.165) is 5.56 Å². The van der Waals surface area contributed by atoms with E-state index in [1.165, 1.54) is 11.3 Å². The number of esters is 1. The predicted octanol–water partition coefficient (Wildman–Crippen LogP) is 0.965. The van der Waals surface area contributed by atoms with Crippen molar-refractivity contribution in [1.29, 1.82) is 0 Å². The Morgan fingerprint density at radius 2 is 2.13 bits per heavy atom. The van der Waals surface area contributed by atoms with Gasteiger partial charge in [-0.2, -0.15) is 5.01 Å². The second-order valence-electron chi connectivity index (χ2n) is 5.30. The number of thiophene rings is 1. The molecule has 0 radical (unpaired) electrons. The fourth-order valence-electron chi connectivity index (χ4n) is 1.96. The summed E-state index contributed by atoms with van der Waals surface area (Å²) in [5.74, 6) is -1.95. The smallest absolute Gasteiger partial charge is 0.349 e. The van der Waals surface area contributed by atoms with Crippen molar-refractivity contribution < 1.29 is 23.9 Å². The van der Waals surface area contributed by atoms with Gasteiger partial charge in [-0.25, -0.2) is 9.59 Å². The number of hydrazine groups is 1. The molecule has 0 unspecified atom stereocenters. The Hall–Kier alpha value is -2.42. The summed E-state index contributed by atoms with van der Waals surface area (Å²) in [6.45, 7) is 4.48. The lowest BCUT2D eigenvalue weighted by atomic mass is 10.00. The van der Waals surface area contributed by atoms with E-state index < -0.39 is 36.0 Å². The molecule has 2 rings (SSSR count). The van der Waals surface area contributed by atoms with Gasteiger partial charge in [-0.3, -0.25) is 15.0 Å². The molecule has 0 aromatic carbocycles. The lowest BCUT2D eigenvalue weighted by Crippen LogP contribution is -2.49. The average Bonchev–Trinajstić information content (AvgIpc) is 3.02. The second-order valence-corrected chi connectivity index (χ2v) is 6.22. The van der Waals surface area contributed by atoms with Crippen LogP contribution in [0.25, 0.3) is 0 Å². The van der Waals surface area contributed by atoms with E-state index in [1.54, 1.807) is 32.2 Å². The number of nitrogens with one attached hydrogen (secondary N) is 2. The van der Waals surface area contributed by atoms with Crippen LogP contribution in [0.2, 0.25) is 0 Å². The maximum Gasteiger partial charge on any atom is 0.349 e. The number of amides is 4. The van der Waals surface area contributed by atoms with Crippen LogP contribution in [0.5, 0.6) is 0 Å². The van der Waals surface area contributed by atoms with Crippen LogP contribution >= 0.6 is 11.3 Å². The van der Waals surface area contributed by atoms with Gasteiger partial charge in [-0.1, -0.05) is 6.92 Å². The van der Waals surface area contributed by atoms with Crippen molar-refractivity contribution in [3.8, 4) is 0 Å². The van der Waals surface area contributed by atoms with Crippen molar-refractivity contribution in [2.75, 3.05) is 6.61 Å². The number of urea groups is 1. The summed E-state index contributed by atoms with van der Waals surface area (Å²) in [6, 6.07) is 1.05. The third-order valence-corrected chi connectivity index (χ3v) is 4.58. The minimum atomic E-state index is -1.05. The Kier molecular flexibility index (Phi) is 4.69. The molecule has 1 saturated heterocycles. The number of carbonyl (C=O) groups is 4. The SMILES string of the molecule is CC[C@]1(C)NC(=O)N(NC(=O)COC(=O)c2sccc2C)C1=O. The number of rotatable bonds is 5. The molecule has 1 aromatic heterocycles. The van der Waals surface area contributed by atoms with Crippen molar-refractivity contribution in [2.24, 2.45) is 0 Å². The summed E-state index contributed by atoms with van der Waals surface area (Å²) in [4.78, 5) is 47.8. The zero-order chi connectivity index (χ0) is 17.2. The summed E-state index contributed by atoms with van der Waals surface area (Å²) in [7, 11) is 0. The summed E-state index contributed by atoms with van der Waals surface area (Å²) in [5, 5.41) is 4.84. The molecule has 2 N–H and O–H groups in total. The van der Waals surface area contributed by atoms with Crippen LogP contribution in [0, 0.1) is 6.92 Å². The molecule has 1 fully saturated rings. The van der Waals surface area contributed by atoms with Crippen LogP contribution in [-0.4, -0.2) is 41.0 Å². The highest BCUT2D eigenvalue weighted by Crippen LogP contribution is 2.19. The molecule has 4 amide bonds. The van der Waals surface area contributed by atoms with Crippen molar-refractivity contribution >= 4 is 35.2 Å². The van der Waals surface area contributed by atoms with E-state index in [1.807, 2.05) is 0 Å². The number of hydrogen-bond acceptors (Lipinski definition) is 6. The average molecular weight is 339 g/mol. The summed E-state index contributed by atoms with van der Waals surface area (Å²) >= 11 is 1.21. The molecule has 8 nitrogen and oxygen atoms in total. The number of hydrogen-bond donors (Lipinski definition) is 2. The predicted molar refractivity (Wildman–Crippen MR) is 81.6 cm³/mol. The molecule has 23 heavy (non-hydrogen) atoms. The molecular formula is C14H17N3O5S. The Labute approximate surface area is 136 Å².